The topological polar surface area (TPSA) is 30.5 Å². The monoisotopic (exact) mass is 255 g/mol. The third kappa shape index (κ3) is 3.28. The van der Waals surface area contributed by atoms with Crippen LogP contribution in [0.4, 0.5) is 0 Å². The van der Waals surface area contributed by atoms with Gasteiger partial charge in [-0.15, -0.1) is 0 Å². The Hall–Kier alpha value is -0.0551. The summed E-state index contributed by atoms with van der Waals surface area (Å²) in [6, 6.07) is 0. The van der Waals surface area contributed by atoms with Gasteiger partial charge in [-0.05, 0) is 38.6 Å². The molecule has 0 bridgehead atoms. The fraction of sp³-hybridized carbons (Fsp3) is 1.00. The summed E-state index contributed by atoms with van der Waals surface area (Å²) in [4.78, 5) is 0. The molecular weight excluding hydrogens is 225 g/mol. The maximum Gasteiger partial charge on any atom is 0.475 e. The quantitative estimate of drug-likeness (QED) is 0.769. The number of hydrogen-bond acceptors (Lipinski definition) is 3. The number of fused-ring (bicyclic) bond motifs is 1. The highest BCUT2D eigenvalue weighted by atomic mass is 16.7. The lowest BCUT2D eigenvalue weighted by molar-refractivity contribution is -0.0298. The largest absolute Gasteiger partial charge is 0.475 e. The summed E-state index contributed by atoms with van der Waals surface area (Å²) < 4.78 is 12.2. The van der Waals surface area contributed by atoms with Gasteiger partial charge in [-0.25, -0.2) is 0 Å². The second kappa shape index (κ2) is 5.93. The molecule has 3 atom stereocenters. The molecule has 0 spiro atoms. The Morgan fingerprint density at radius 3 is 2.44 bits per heavy atom. The molecule has 0 amide bonds. The van der Waals surface area contributed by atoms with Crippen LogP contribution in [-0.4, -0.2) is 31.8 Å². The Bertz CT molecular complexity index is 273. The molecule has 18 heavy (non-hydrogen) atoms. The molecule has 106 valence electrons. The van der Waals surface area contributed by atoms with Gasteiger partial charge in [0.05, 0.1) is 11.7 Å². The number of nitrogens with one attached hydrogen (secondary N) is 1. The fourth-order valence-electron chi connectivity index (χ4n) is 3.12. The van der Waals surface area contributed by atoms with Crippen molar-refractivity contribution >= 4 is 7.12 Å². The van der Waals surface area contributed by atoms with Gasteiger partial charge in [0.2, 0.25) is 0 Å². The smallest absolute Gasteiger partial charge is 0.404 e. The first-order chi connectivity index (χ1) is 8.36. The molecule has 4 heteroatoms. The molecule has 0 radical (unpaired) electrons. The van der Waals surface area contributed by atoms with Crippen molar-refractivity contribution in [1.29, 1.82) is 0 Å². The van der Waals surface area contributed by atoms with Crippen molar-refractivity contribution in [3.05, 3.63) is 0 Å². The van der Waals surface area contributed by atoms with Crippen molar-refractivity contribution < 1.29 is 9.31 Å². The van der Waals surface area contributed by atoms with Crippen LogP contribution in [0.3, 0.4) is 0 Å². The summed E-state index contributed by atoms with van der Waals surface area (Å²) in [7, 11) is 1.86. The Labute approximate surface area is 113 Å². The second-order valence-electron chi connectivity index (χ2n) is 6.38. The van der Waals surface area contributed by atoms with E-state index in [1.807, 2.05) is 20.9 Å². The van der Waals surface area contributed by atoms with E-state index in [4.69, 9.17) is 9.31 Å². The fourth-order valence-corrected chi connectivity index (χ4v) is 3.12. The van der Waals surface area contributed by atoms with E-state index in [1.54, 1.807) is 0 Å². The van der Waals surface area contributed by atoms with Crippen molar-refractivity contribution in [2.24, 2.45) is 5.41 Å². The zero-order valence-electron chi connectivity index (χ0n) is 13.2. The third-order valence-electron chi connectivity index (χ3n) is 4.14. The van der Waals surface area contributed by atoms with Gasteiger partial charge < -0.3 is 14.6 Å². The maximum absolute atomic E-state index is 6.16. The summed E-state index contributed by atoms with van der Waals surface area (Å²) in [6.07, 6.45) is 3.73. The zero-order chi connectivity index (χ0) is 14.0. The van der Waals surface area contributed by atoms with E-state index in [2.05, 4.69) is 33.0 Å². The minimum atomic E-state index is -0.0890. The first-order valence-corrected chi connectivity index (χ1v) is 7.37. The van der Waals surface area contributed by atoms with E-state index in [0.717, 1.165) is 12.8 Å². The van der Waals surface area contributed by atoms with Crippen LogP contribution in [0.1, 0.15) is 60.8 Å². The van der Waals surface area contributed by atoms with Gasteiger partial charge in [-0.1, -0.05) is 34.6 Å². The SMILES string of the molecule is CC.CNC(C)B1OC2CCC(C)(C)CC2(C)O1. The lowest BCUT2D eigenvalue weighted by Gasteiger charge is -2.43. The molecule has 0 aromatic carbocycles. The molecule has 2 aliphatic rings. The molecule has 1 aliphatic carbocycles. The van der Waals surface area contributed by atoms with Crippen LogP contribution in [0, 0.1) is 5.41 Å². The predicted molar refractivity (Wildman–Crippen MR) is 77.6 cm³/mol. The molecule has 2 rings (SSSR count). The van der Waals surface area contributed by atoms with E-state index in [9.17, 15) is 0 Å². The van der Waals surface area contributed by atoms with Gasteiger partial charge >= 0.3 is 7.12 Å². The lowest BCUT2D eigenvalue weighted by atomic mass is 9.69. The van der Waals surface area contributed by atoms with E-state index < -0.39 is 0 Å². The van der Waals surface area contributed by atoms with Gasteiger partial charge in [-0.2, -0.15) is 0 Å². The van der Waals surface area contributed by atoms with E-state index in [1.165, 1.54) is 6.42 Å². The van der Waals surface area contributed by atoms with Crippen LogP contribution >= 0.6 is 0 Å². The molecule has 1 saturated heterocycles. The molecule has 0 aromatic rings. The molecule has 0 aromatic heterocycles. The zero-order valence-corrected chi connectivity index (χ0v) is 13.2. The average molecular weight is 255 g/mol. The third-order valence-corrected chi connectivity index (χ3v) is 4.14. The van der Waals surface area contributed by atoms with Gasteiger partial charge in [-0.3, -0.25) is 0 Å². The van der Waals surface area contributed by atoms with E-state index in [0.29, 0.717) is 5.41 Å². The summed E-state index contributed by atoms with van der Waals surface area (Å²) in [6.45, 7) is 13.0. The highest BCUT2D eigenvalue weighted by molar-refractivity contribution is 6.47. The lowest BCUT2D eigenvalue weighted by Crippen LogP contribution is -2.46. The first-order valence-electron chi connectivity index (χ1n) is 7.37. The van der Waals surface area contributed by atoms with Crippen molar-refractivity contribution in [2.45, 2.75) is 78.5 Å². The van der Waals surface area contributed by atoms with Gasteiger partial charge in [0.25, 0.3) is 0 Å². The summed E-state index contributed by atoms with van der Waals surface area (Å²) in [5, 5.41) is 3.20. The Kier molecular flexibility index (Phi) is 5.27. The average Bonchev–Trinajstić information content (AvgIpc) is 2.65. The minimum Gasteiger partial charge on any atom is -0.404 e. The molecule has 1 heterocycles. The van der Waals surface area contributed by atoms with Crippen LogP contribution < -0.4 is 5.32 Å². The van der Waals surface area contributed by atoms with E-state index in [-0.39, 0.29) is 24.8 Å². The Morgan fingerprint density at radius 2 is 1.89 bits per heavy atom. The number of rotatable bonds is 2. The summed E-state index contributed by atoms with van der Waals surface area (Å²) in [5.41, 5.74) is 0.296. The Balaban J connectivity index is 0.000000771. The standard InChI is InChI=1S/C12H24BNO2.C2H6/c1-9(14-5)13-15-10-6-7-11(2,3)8-12(10,4)16-13;1-2/h9-10,14H,6-8H2,1-5H3;1-2H3. The van der Waals surface area contributed by atoms with Crippen LogP contribution in [-0.2, 0) is 9.31 Å². The molecule has 1 aliphatic heterocycles. The highest BCUT2D eigenvalue weighted by Gasteiger charge is 2.54. The summed E-state index contributed by atoms with van der Waals surface area (Å²) >= 11 is 0. The maximum atomic E-state index is 6.16. The van der Waals surface area contributed by atoms with Crippen molar-refractivity contribution in [2.75, 3.05) is 7.05 Å². The van der Waals surface area contributed by atoms with Crippen molar-refractivity contribution in [3.63, 3.8) is 0 Å². The van der Waals surface area contributed by atoms with E-state index >= 15 is 0 Å². The van der Waals surface area contributed by atoms with Crippen LogP contribution in [0.5, 0.6) is 0 Å². The first kappa shape index (κ1) is 16.0. The number of hydrogen-bond donors (Lipinski definition) is 1. The molecule has 1 N–H and O–H groups in total. The van der Waals surface area contributed by atoms with Crippen LogP contribution in [0.2, 0.25) is 0 Å². The highest BCUT2D eigenvalue weighted by Crippen LogP contribution is 2.47. The molecule has 2 fully saturated rings. The van der Waals surface area contributed by atoms with Crippen LogP contribution in [0.25, 0.3) is 0 Å². The molecule has 1 saturated carbocycles. The molecule has 3 nitrogen and oxygen atoms in total. The predicted octanol–water partition coefficient (Wildman–Crippen LogP) is 3.03. The van der Waals surface area contributed by atoms with Gasteiger partial charge in [0, 0.05) is 5.94 Å². The van der Waals surface area contributed by atoms with Crippen LogP contribution in [0.15, 0.2) is 0 Å². The van der Waals surface area contributed by atoms with Crippen molar-refractivity contribution in [3.8, 4) is 0 Å². The Morgan fingerprint density at radius 1 is 1.28 bits per heavy atom. The minimum absolute atomic E-state index is 0.0858. The van der Waals surface area contributed by atoms with Gasteiger partial charge in [0.1, 0.15) is 0 Å². The molecule has 3 unspecified atom stereocenters. The van der Waals surface area contributed by atoms with Gasteiger partial charge in [0.15, 0.2) is 0 Å². The second-order valence-corrected chi connectivity index (χ2v) is 6.38. The van der Waals surface area contributed by atoms with Crippen molar-refractivity contribution in [1.82, 2.24) is 5.32 Å². The molecular formula is C14H30BNO2. The summed E-state index contributed by atoms with van der Waals surface area (Å²) in [5.74, 6) is 0.255. The normalized spacial score (nSPS) is 35.5.